The van der Waals surface area contributed by atoms with E-state index in [-0.39, 0.29) is 5.97 Å². The van der Waals surface area contributed by atoms with Gasteiger partial charge in [0.25, 0.3) is 0 Å². The third-order valence-electron chi connectivity index (χ3n) is 3.25. The monoisotopic (exact) mass is 300 g/mol. The Morgan fingerprint density at radius 1 is 1.00 bits per heavy atom. The van der Waals surface area contributed by atoms with Crippen LogP contribution in [-0.2, 0) is 15.8 Å². The molecule has 0 bridgehead atoms. The predicted octanol–water partition coefficient (Wildman–Crippen LogP) is 3.24. The molecular formula is C17H20O3Si. The van der Waals surface area contributed by atoms with Gasteiger partial charge in [0.1, 0.15) is 5.75 Å². The summed E-state index contributed by atoms with van der Waals surface area (Å²) in [4.78, 5) is 10.9. The summed E-state index contributed by atoms with van der Waals surface area (Å²) in [5, 5.41) is 1.28. The van der Waals surface area contributed by atoms with Crippen molar-refractivity contribution >= 4 is 19.5 Å². The SMILES string of the molecule is CC(=O)Oc1ccc(CO[Si](C)(C)c2ccccc2)cc1. The first-order valence-corrected chi connectivity index (χ1v) is 9.85. The molecule has 110 valence electrons. The Labute approximate surface area is 126 Å². The van der Waals surface area contributed by atoms with Crippen molar-refractivity contribution in [2.75, 3.05) is 0 Å². The second-order valence-electron chi connectivity index (χ2n) is 5.40. The van der Waals surface area contributed by atoms with Gasteiger partial charge in [0.05, 0.1) is 6.61 Å². The molecule has 0 radical (unpaired) electrons. The van der Waals surface area contributed by atoms with Gasteiger partial charge in [0, 0.05) is 6.92 Å². The lowest BCUT2D eigenvalue weighted by Crippen LogP contribution is -2.44. The van der Waals surface area contributed by atoms with Crippen LogP contribution in [0.4, 0.5) is 0 Å². The van der Waals surface area contributed by atoms with Crippen molar-refractivity contribution in [2.24, 2.45) is 0 Å². The first-order valence-electron chi connectivity index (χ1n) is 6.94. The van der Waals surface area contributed by atoms with E-state index in [9.17, 15) is 4.79 Å². The Balaban J connectivity index is 1.98. The summed E-state index contributed by atoms with van der Waals surface area (Å²) in [6, 6.07) is 17.8. The Morgan fingerprint density at radius 2 is 1.62 bits per heavy atom. The molecule has 0 aliphatic rings. The minimum Gasteiger partial charge on any atom is -0.427 e. The van der Waals surface area contributed by atoms with Gasteiger partial charge >= 0.3 is 5.97 Å². The fourth-order valence-electron chi connectivity index (χ4n) is 2.01. The molecule has 0 spiro atoms. The quantitative estimate of drug-likeness (QED) is 0.483. The van der Waals surface area contributed by atoms with Crippen molar-refractivity contribution in [1.82, 2.24) is 0 Å². The van der Waals surface area contributed by atoms with E-state index in [0.717, 1.165) is 5.56 Å². The number of carbonyl (C=O) groups is 1. The van der Waals surface area contributed by atoms with Gasteiger partial charge in [0.2, 0.25) is 8.32 Å². The van der Waals surface area contributed by atoms with Crippen molar-refractivity contribution < 1.29 is 14.0 Å². The van der Waals surface area contributed by atoms with Crippen molar-refractivity contribution in [1.29, 1.82) is 0 Å². The number of ether oxygens (including phenoxy) is 1. The van der Waals surface area contributed by atoms with Gasteiger partial charge in [-0.3, -0.25) is 4.79 Å². The van der Waals surface area contributed by atoms with E-state index >= 15 is 0 Å². The van der Waals surface area contributed by atoms with Crippen molar-refractivity contribution in [2.45, 2.75) is 26.6 Å². The fraction of sp³-hybridized carbons (Fsp3) is 0.235. The fourth-order valence-corrected chi connectivity index (χ4v) is 3.70. The smallest absolute Gasteiger partial charge is 0.308 e. The molecule has 2 aromatic rings. The third kappa shape index (κ3) is 4.55. The third-order valence-corrected chi connectivity index (χ3v) is 5.84. The highest BCUT2D eigenvalue weighted by molar-refractivity contribution is 6.84. The molecule has 0 atom stereocenters. The van der Waals surface area contributed by atoms with Crippen molar-refractivity contribution in [3.8, 4) is 5.75 Å². The second kappa shape index (κ2) is 6.69. The maximum atomic E-state index is 10.9. The lowest BCUT2D eigenvalue weighted by atomic mass is 10.2. The molecule has 0 heterocycles. The number of benzene rings is 2. The summed E-state index contributed by atoms with van der Waals surface area (Å²) in [6.45, 7) is 6.34. The average molecular weight is 300 g/mol. The topological polar surface area (TPSA) is 35.5 Å². The van der Waals surface area contributed by atoms with Crippen LogP contribution >= 0.6 is 0 Å². The van der Waals surface area contributed by atoms with Crippen LogP contribution in [0.2, 0.25) is 13.1 Å². The van der Waals surface area contributed by atoms with Crippen LogP contribution in [-0.4, -0.2) is 14.3 Å². The Kier molecular flexibility index (Phi) is 4.93. The molecule has 2 rings (SSSR count). The van der Waals surface area contributed by atoms with Gasteiger partial charge in [-0.2, -0.15) is 0 Å². The maximum Gasteiger partial charge on any atom is 0.308 e. The molecule has 0 amide bonds. The molecule has 21 heavy (non-hydrogen) atoms. The number of carbonyl (C=O) groups excluding carboxylic acids is 1. The summed E-state index contributed by atoms with van der Waals surface area (Å²) in [5.41, 5.74) is 1.07. The molecule has 4 heteroatoms. The van der Waals surface area contributed by atoms with Crippen LogP contribution in [0, 0.1) is 0 Å². The van der Waals surface area contributed by atoms with Gasteiger partial charge in [0.15, 0.2) is 0 Å². The lowest BCUT2D eigenvalue weighted by Gasteiger charge is -2.23. The first-order chi connectivity index (χ1) is 9.97. The zero-order chi connectivity index (χ0) is 15.3. The number of rotatable bonds is 5. The second-order valence-corrected chi connectivity index (χ2v) is 9.29. The van der Waals surface area contributed by atoms with Crippen LogP contribution in [0.25, 0.3) is 0 Å². The maximum absolute atomic E-state index is 10.9. The highest BCUT2D eigenvalue weighted by Crippen LogP contribution is 2.15. The molecule has 0 N–H and O–H groups in total. The normalized spacial score (nSPS) is 11.2. The molecule has 0 fully saturated rings. The molecule has 0 unspecified atom stereocenters. The predicted molar refractivity (Wildman–Crippen MR) is 86.1 cm³/mol. The molecule has 0 saturated heterocycles. The van der Waals surface area contributed by atoms with Gasteiger partial charge in [-0.15, -0.1) is 0 Å². The van der Waals surface area contributed by atoms with Gasteiger partial charge in [-0.05, 0) is 36.0 Å². The summed E-state index contributed by atoms with van der Waals surface area (Å²) in [5.74, 6) is 0.252. The van der Waals surface area contributed by atoms with Crippen molar-refractivity contribution in [3.63, 3.8) is 0 Å². The minimum atomic E-state index is -1.89. The molecule has 0 aromatic heterocycles. The van der Waals surface area contributed by atoms with E-state index in [1.807, 2.05) is 30.3 Å². The summed E-state index contributed by atoms with van der Waals surface area (Å²) < 4.78 is 11.2. The van der Waals surface area contributed by atoms with Gasteiger partial charge < -0.3 is 9.16 Å². The number of hydrogen-bond donors (Lipinski definition) is 0. The van der Waals surface area contributed by atoms with Crippen LogP contribution in [0.5, 0.6) is 5.75 Å². The Hall–Kier alpha value is -1.91. The Morgan fingerprint density at radius 3 is 2.19 bits per heavy atom. The summed E-state index contributed by atoms with van der Waals surface area (Å²) in [6.07, 6.45) is 0. The average Bonchev–Trinajstić information content (AvgIpc) is 2.47. The first kappa shape index (κ1) is 15.5. The van der Waals surface area contributed by atoms with E-state index in [0.29, 0.717) is 12.4 Å². The molecule has 0 saturated carbocycles. The molecule has 0 aliphatic heterocycles. The molecule has 2 aromatic carbocycles. The van der Waals surface area contributed by atoms with E-state index < -0.39 is 8.32 Å². The highest BCUT2D eigenvalue weighted by atomic mass is 28.4. The van der Waals surface area contributed by atoms with Crippen LogP contribution in [0.1, 0.15) is 12.5 Å². The van der Waals surface area contributed by atoms with Crippen LogP contribution < -0.4 is 9.92 Å². The van der Waals surface area contributed by atoms with Crippen LogP contribution in [0.15, 0.2) is 54.6 Å². The Bertz CT molecular complexity index is 591. The van der Waals surface area contributed by atoms with E-state index in [1.165, 1.54) is 12.1 Å². The van der Waals surface area contributed by atoms with E-state index in [2.05, 4.69) is 25.2 Å². The number of hydrogen-bond acceptors (Lipinski definition) is 3. The van der Waals surface area contributed by atoms with E-state index in [4.69, 9.17) is 9.16 Å². The molecule has 0 aliphatic carbocycles. The van der Waals surface area contributed by atoms with E-state index in [1.54, 1.807) is 12.1 Å². The summed E-state index contributed by atoms with van der Waals surface area (Å²) in [7, 11) is -1.89. The summed E-state index contributed by atoms with van der Waals surface area (Å²) >= 11 is 0. The number of esters is 1. The largest absolute Gasteiger partial charge is 0.427 e. The minimum absolute atomic E-state index is 0.309. The highest BCUT2D eigenvalue weighted by Gasteiger charge is 2.24. The van der Waals surface area contributed by atoms with Crippen molar-refractivity contribution in [3.05, 3.63) is 60.2 Å². The lowest BCUT2D eigenvalue weighted by molar-refractivity contribution is -0.131. The molecule has 3 nitrogen and oxygen atoms in total. The molecular weight excluding hydrogens is 280 g/mol. The van der Waals surface area contributed by atoms with Crippen LogP contribution in [0.3, 0.4) is 0 Å². The zero-order valence-electron chi connectivity index (χ0n) is 12.6. The standard InChI is InChI=1S/C17H20O3Si/c1-14(18)20-16-11-9-15(10-12-16)13-19-21(2,3)17-7-5-4-6-8-17/h4-12H,13H2,1-3H3. The zero-order valence-corrected chi connectivity index (χ0v) is 13.6. The van der Waals surface area contributed by atoms with Gasteiger partial charge in [-0.25, -0.2) is 0 Å². The van der Waals surface area contributed by atoms with Gasteiger partial charge in [-0.1, -0.05) is 42.5 Å².